The molecule has 3 fully saturated rings. The SMILES string of the molecule is Nc1nc(/C(=N/O)C(=O)C[C@@H]2C(=O)N3C(C(=O)O)=C(/C=C4\CCN(C5CCCC5)C4=O)CS[C@H]23)ns1. The van der Waals surface area contributed by atoms with Gasteiger partial charge in [0, 0.05) is 41.9 Å². The zero-order valence-electron chi connectivity index (χ0n) is 19.1. The topological polar surface area (TPSA) is 179 Å². The number of β-lactam (4-membered cyclic amide) rings is 1. The van der Waals surface area contributed by atoms with Crippen LogP contribution in [0.2, 0.25) is 0 Å². The van der Waals surface area contributed by atoms with Gasteiger partial charge in [-0.1, -0.05) is 18.0 Å². The zero-order chi connectivity index (χ0) is 25.6. The van der Waals surface area contributed by atoms with Crippen LogP contribution < -0.4 is 5.73 Å². The molecule has 2 saturated heterocycles. The van der Waals surface area contributed by atoms with Crippen molar-refractivity contribution in [1.82, 2.24) is 19.2 Å². The second-order valence-corrected chi connectivity index (χ2v) is 11.0. The van der Waals surface area contributed by atoms with Crippen LogP contribution in [-0.2, 0) is 19.2 Å². The number of carboxylic acids is 1. The highest BCUT2D eigenvalue weighted by Crippen LogP contribution is 2.46. The molecule has 1 aliphatic carbocycles. The van der Waals surface area contributed by atoms with E-state index in [4.69, 9.17) is 5.73 Å². The summed E-state index contributed by atoms with van der Waals surface area (Å²) in [6.07, 6.45) is 6.10. The summed E-state index contributed by atoms with van der Waals surface area (Å²) in [5.74, 6) is -3.11. The minimum Gasteiger partial charge on any atom is -0.477 e. The number of hydrogen-bond donors (Lipinski definition) is 3. The molecule has 0 radical (unpaired) electrons. The first-order chi connectivity index (χ1) is 17.3. The molecule has 0 bridgehead atoms. The molecule has 4 aliphatic rings. The summed E-state index contributed by atoms with van der Waals surface area (Å²) in [6.45, 7) is 0.627. The predicted molar refractivity (Wildman–Crippen MR) is 130 cm³/mol. The fourth-order valence-electron chi connectivity index (χ4n) is 5.28. The standard InChI is InChI=1S/C22H24N6O6S2/c23-22-24-17(26-36-22)15(25-34)14(29)8-13-19(31)28-16(21(32)33)11(9-35-20(13)28)7-10-5-6-27(18(10)30)12-3-1-2-4-12/h7,12-13,20,34H,1-6,8-9H2,(H,32,33)(H2,23,24,26)/b10-7+,25-15+/t13-,20-/m1/s1. The van der Waals surface area contributed by atoms with Gasteiger partial charge in [0.15, 0.2) is 16.6 Å². The van der Waals surface area contributed by atoms with E-state index in [0.29, 0.717) is 24.1 Å². The third-order valence-electron chi connectivity index (χ3n) is 7.01. The smallest absolute Gasteiger partial charge is 0.352 e. The monoisotopic (exact) mass is 532 g/mol. The van der Waals surface area contributed by atoms with Gasteiger partial charge in [0.1, 0.15) is 5.70 Å². The average Bonchev–Trinajstić information content (AvgIpc) is 3.60. The number of Topliss-reactive ketones (excluding diaryl/α,β-unsaturated/α-hetero) is 1. The maximum absolute atomic E-state index is 13.0. The van der Waals surface area contributed by atoms with E-state index in [1.165, 1.54) is 16.7 Å². The van der Waals surface area contributed by atoms with Crippen molar-refractivity contribution in [3.63, 3.8) is 0 Å². The fourth-order valence-corrected chi connectivity index (χ4v) is 7.09. The van der Waals surface area contributed by atoms with Crippen molar-refractivity contribution in [2.24, 2.45) is 11.1 Å². The number of rotatable bonds is 7. The van der Waals surface area contributed by atoms with Crippen LogP contribution >= 0.6 is 23.3 Å². The third kappa shape index (κ3) is 4.17. The number of nitrogens with zero attached hydrogens (tertiary/aromatic N) is 5. The first kappa shape index (κ1) is 24.4. The number of fused-ring (bicyclic) bond motifs is 1. The maximum Gasteiger partial charge on any atom is 0.352 e. The number of allylic oxidation sites excluding steroid dienone is 1. The number of anilines is 1. The summed E-state index contributed by atoms with van der Waals surface area (Å²) < 4.78 is 3.86. The van der Waals surface area contributed by atoms with Crippen LogP contribution in [-0.4, -0.2) is 82.5 Å². The van der Waals surface area contributed by atoms with Gasteiger partial charge in [-0.2, -0.15) is 9.36 Å². The Morgan fingerprint density at radius 3 is 2.64 bits per heavy atom. The van der Waals surface area contributed by atoms with Gasteiger partial charge in [-0.25, -0.2) is 4.79 Å². The van der Waals surface area contributed by atoms with Crippen LogP contribution in [0.3, 0.4) is 0 Å². The lowest BCUT2D eigenvalue weighted by Gasteiger charge is -2.49. The number of thioether (sulfide) groups is 1. The second kappa shape index (κ2) is 9.65. The fraction of sp³-hybridized carbons (Fsp3) is 0.500. The van der Waals surface area contributed by atoms with E-state index in [9.17, 15) is 29.5 Å². The average molecular weight is 533 g/mol. The molecular formula is C22H24N6O6S2. The number of carbonyl (C=O) groups is 4. The quantitative estimate of drug-likeness (QED) is 0.152. The van der Waals surface area contributed by atoms with Crippen molar-refractivity contribution < 1.29 is 29.5 Å². The van der Waals surface area contributed by atoms with Crippen LogP contribution in [0.5, 0.6) is 0 Å². The number of nitrogens with two attached hydrogens (primary N) is 1. The van der Waals surface area contributed by atoms with E-state index in [2.05, 4.69) is 14.5 Å². The number of aliphatic carboxylic acids is 1. The first-order valence-electron chi connectivity index (χ1n) is 11.6. The second-order valence-electron chi connectivity index (χ2n) is 9.08. The molecule has 1 aromatic rings. The number of oxime groups is 1. The van der Waals surface area contributed by atoms with Crippen LogP contribution in [0.15, 0.2) is 28.1 Å². The number of carboxylic acid groups (broad SMARTS) is 1. The molecule has 3 aliphatic heterocycles. The Kier molecular flexibility index (Phi) is 6.55. The molecule has 2 amide bonds. The van der Waals surface area contributed by atoms with Gasteiger partial charge in [0.25, 0.3) is 0 Å². The van der Waals surface area contributed by atoms with Crippen molar-refractivity contribution in [2.45, 2.75) is 49.9 Å². The van der Waals surface area contributed by atoms with E-state index in [-0.39, 0.29) is 40.8 Å². The molecular weight excluding hydrogens is 508 g/mol. The molecule has 1 aromatic heterocycles. The van der Waals surface area contributed by atoms with Crippen LogP contribution in [0.4, 0.5) is 5.13 Å². The zero-order valence-corrected chi connectivity index (χ0v) is 20.8. The van der Waals surface area contributed by atoms with E-state index < -0.39 is 34.7 Å². The molecule has 0 spiro atoms. The lowest BCUT2D eigenvalue weighted by Crippen LogP contribution is -2.62. The molecule has 0 aromatic carbocycles. The number of hydrogen-bond acceptors (Lipinski definition) is 11. The van der Waals surface area contributed by atoms with Crippen molar-refractivity contribution in [2.75, 3.05) is 18.0 Å². The van der Waals surface area contributed by atoms with Crippen molar-refractivity contribution in [3.05, 3.63) is 28.7 Å². The molecule has 36 heavy (non-hydrogen) atoms. The Balaban J connectivity index is 1.33. The summed E-state index contributed by atoms with van der Waals surface area (Å²) in [5, 5.41) is 21.7. The Morgan fingerprint density at radius 2 is 2.00 bits per heavy atom. The van der Waals surface area contributed by atoms with E-state index in [1.54, 1.807) is 6.08 Å². The summed E-state index contributed by atoms with van der Waals surface area (Å²) in [4.78, 5) is 57.8. The first-order valence-corrected chi connectivity index (χ1v) is 13.4. The van der Waals surface area contributed by atoms with Crippen molar-refractivity contribution in [3.8, 4) is 0 Å². The largest absolute Gasteiger partial charge is 0.477 e. The molecule has 4 N–H and O–H groups in total. The number of aromatic nitrogens is 2. The molecule has 14 heteroatoms. The third-order valence-corrected chi connectivity index (χ3v) is 8.91. The maximum atomic E-state index is 13.0. The van der Waals surface area contributed by atoms with Gasteiger partial charge in [-0.15, -0.1) is 11.8 Å². The van der Waals surface area contributed by atoms with Gasteiger partial charge >= 0.3 is 5.97 Å². The molecule has 1 saturated carbocycles. The van der Waals surface area contributed by atoms with Gasteiger partial charge in [-0.05, 0) is 30.9 Å². The summed E-state index contributed by atoms with van der Waals surface area (Å²) in [5.41, 5.74) is 5.95. The normalized spacial score (nSPS) is 26.1. The van der Waals surface area contributed by atoms with Crippen LogP contribution in [0, 0.1) is 5.92 Å². The Labute approximate surface area is 214 Å². The minimum absolute atomic E-state index is 0.0585. The lowest BCUT2D eigenvalue weighted by atomic mass is 9.89. The lowest BCUT2D eigenvalue weighted by molar-refractivity contribution is -0.153. The van der Waals surface area contributed by atoms with E-state index in [1.807, 2.05) is 4.90 Å². The molecule has 4 heterocycles. The number of ketones is 1. The highest BCUT2D eigenvalue weighted by Gasteiger charge is 2.54. The highest BCUT2D eigenvalue weighted by molar-refractivity contribution is 8.00. The Morgan fingerprint density at radius 1 is 1.25 bits per heavy atom. The van der Waals surface area contributed by atoms with Crippen LogP contribution in [0.1, 0.15) is 44.3 Å². The minimum atomic E-state index is -1.26. The highest BCUT2D eigenvalue weighted by atomic mass is 32.2. The van der Waals surface area contributed by atoms with E-state index >= 15 is 0 Å². The van der Waals surface area contributed by atoms with Crippen molar-refractivity contribution >= 4 is 57.7 Å². The Bertz CT molecular complexity index is 1230. The number of amides is 2. The molecule has 0 unspecified atom stereocenters. The van der Waals surface area contributed by atoms with Crippen molar-refractivity contribution in [1.29, 1.82) is 0 Å². The van der Waals surface area contributed by atoms with Gasteiger partial charge in [0.05, 0.1) is 11.3 Å². The summed E-state index contributed by atoms with van der Waals surface area (Å²) >= 11 is 2.17. The van der Waals surface area contributed by atoms with Crippen LogP contribution in [0.25, 0.3) is 0 Å². The van der Waals surface area contributed by atoms with Gasteiger partial charge in [-0.3, -0.25) is 19.3 Å². The van der Waals surface area contributed by atoms with E-state index in [0.717, 1.165) is 37.2 Å². The molecule has 5 rings (SSSR count). The number of likely N-dealkylation sites (tertiary alicyclic amines) is 1. The molecule has 12 nitrogen and oxygen atoms in total. The molecule has 190 valence electrons. The number of nitrogen functional groups attached to an aromatic ring is 1. The molecule has 2 atom stereocenters. The van der Waals surface area contributed by atoms with Gasteiger partial charge in [0.2, 0.25) is 17.6 Å². The summed E-state index contributed by atoms with van der Waals surface area (Å²) in [7, 11) is 0. The van der Waals surface area contributed by atoms with Gasteiger partial charge < -0.3 is 20.9 Å². The summed E-state index contributed by atoms with van der Waals surface area (Å²) in [6, 6.07) is 0.250. The predicted octanol–water partition coefficient (Wildman–Crippen LogP) is 1.23. The number of carbonyl (C=O) groups excluding carboxylic acids is 3. The Hall–Kier alpha value is -3.26.